The summed E-state index contributed by atoms with van der Waals surface area (Å²) < 4.78 is 23.2. The summed E-state index contributed by atoms with van der Waals surface area (Å²) in [6.07, 6.45) is 6.27. The van der Waals surface area contributed by atoms with Crippen LogP contribution in [0.1, 0.15) is 116 Å². The lowest BCUT2D eigenvalue weighted by atomic mass is 10.1. The van der Waals surface area contributed by atoms with Gasteiger partial charge in [0, 0.05) is 60.7 Å². The summed E-state index contributed by atoms with van der Waals surface area (Å²) in [7, 11) is 3.30. The molecule has 8 heterocycles. The van der Waals surface area contributed by atoms with Crippen molar-refractivity contribution in [2.45, 2.75) is 55.9 Å². The molecule has 4 aromatic heterocycles. The van der Waals surface area contributed by atoms with Crippen LogP contribution in [-0.2, 0) is 45.4 Å². The van der Waals surface area contributed by atoms with Crippen molar-refractivity contribution in [1.29, 1.82) is 0 Å². The van der Waals surface area contributed by atoms with Crippen molar-refractivity contribution >= 4 is 119 Å². The zero-order chi connectivity index (χ0) is 83.3. The lowest BCUT2D eigenvalue weighted by Crippen LogP contribution is -2.30. The van der Waals surface area contributed by atoms with E-state index in [0.717, 1.165) is 38.3 Å². The van der Waals surface area contributed by atoms with Crippen LogP contribution >= 0.6 is 24.4 Å². The number of nitrogens with one attached hydrogen (secondary N) is 2. The topological polar surface area (TPSA) is 348 Å². The highest BCUT2D eigenvalue weighted by Crippen LogP contribution is 2.33. The molecule has 8 aromatic carbocycles. The van der Waals surface area contributed by atoms with Crippen molar-refractivity contribution in [2.75, 3.05) is 14.1 Å². The number of thiocarbonyl (C=S) groups is 2. The Bertz CT molecular complexity index is 5630. The molecular formula is C94H84N8O18S2. The lowest BCUT2D eigenvalue weighted by Gasteiger charge is -2.16. The number of carboxylic acids is 4. The van der Waals surface area contributed by atoms with Gasteiger partial charge in [-0.2, -0.15) is 0 Å². The number of carbonyl (C=O) groups excluding carboxylic acids is 6. The number of amides is 8. The summed E-state index contributed by atoms with van der Waals surface area (Å²) in [5.41, 5.74) is 8.48. The quantitative estimate of drug-likeness (QED) is 0.0234. The lowest BCUT2D eigenvalue weighted by molar-refractivity contribution is -0.124. The molecule has 4 aliphatic heterocycles. The SMILES string of the molecule is C.C.C.C.CN1C(=O)N(Cc2ccccc2)C(=O)/C1=C/c1ccc(-c2ccc(C(=O)O)cc2)o1.CN1C(=S)N(Cc2ccccc2)C(=O)/C1=C/c1ccc(-c2ccc(C(=O)O)cc2)o1.O=C(O)c1ccc(-c2ccc(/C=C3\NC(=O)N(Cc4ccccc4)C3=O)o2)cc1.O=C(O)c1ccc(-c2ccc(/C=C3\NC(=S)N(Cc4ccccc4)C3=O)o2)cc1. The maximum absolute atomic E-state index is 12.9. The first kappa shape index (κ1) is 90.2. The van der Waals surface area contributed by atoms with E-state index in [1.807, 2.05) is 121 Å². The molecule has 0 radical (unpaired) electrons. The van der Waals surface area contributed by atoms with Crippen LogP contribution < -0.4 is 10.6 Å². The average Bonchev–Trinajstić information content (AvgIpc) is 1.63. The van der Waals surface area contributed by atoms with E-state index in [0.29, 0.717) is 91.9 Å². The van der Waals surface area contributed by atoms with E-state index in [4.69, 9.17) is 62.5 Å². The minimum atomic E-state index is -1.00. The number of urea groups is 2. The Morgan fingerprint density at radius 2 is 0.590 bits per heavy atom. The van der Waals surface area contributed by atoms with E-state index in [9.17, 15) is 47.9 Å². The second kappa shape index (κ2) is 40.5. The van der Waals surface area contributed by atoms with E-state index < -0.39 is 47.8 Å². The molecule has 8 amide bonds. The highest BCUT2D eigenvalue weighted by molar-refractivity contribution is 7.80. The number of hydrogen-bond donors (Lipinski definition) is 6. The van der Waals surface area contributed by atoms with E-state index in [1.165, 1.54) is 75.4 Å². The molecule has 0 aliphatic carbocycles. The number of rotatable bonds is 20. The van der Waals surface area contributed by atoms with E-state index in [1.54, 1.807) is 133 Å². The van der Waals surface area contributed by atoms with Crippen LogP contribution in [0.5, 0.6) is 0 Å². The minimum absolute atomic E-state index is 0. The van der Waals surface area contributed by atoms with E-state index in [2.05, 4.69) is 10.6 Å². The van der Waals surface area contributed by atoms with Gasteiger partial charge in [0.05, 0.1) is 48.4 Å². The summed E-state index contributed by atoms with van der Waals surface area (Å²) in [5, 5.41) is 42.2. The molecule has 0 spiro atoms. The molecule has 122 heavy (non-hydrogen) atoms. The Kier molecular flexibility index (Phi) is 29.9. The predicted octanol–water partition coefficient (Wildman–Crippen LogP) is 18.5. The van der Waals surface area contributed by atoms with Gasteiger partial charge < -0.3 is 53.6 Å². The molecule has 28 heteroatoms. The maximum atomic E-state index is 12.9. The summed E-state index contributed by atoms with van der Waals surface area (Å²) in [4.78, 5) is 128. The smallest absolute Gasteiger partial charge is 0.335 e. The van der Waals surface area contributed by atoms with E-state index in [-0.39, 0.29) is 88.3 Å². The van der Waals surface area contributed by atoms with Crippen LogP contribution in [0.4, 0.5) is 9.59 Å². The molecule has 4 aliphatic rings. The molecule has 0 saturated carbocycles. The fraction of sp³-hybridized carbons (Fsp3) is 0.106. The minimum Gasteiger partial charge on any atom is -0.478 e. The highest BCUT2D eigenvalue weighted by Gasteiger charge is 2.40. The van der Waals surface area contributed by atoms with Crippen LogP contribution in [0.15, 0.2) is 307 Å². The molecule has 6 N–H and O–H groups in total. The van der Waals surface area contributed by atoms with Crippen LogP contribution in [-0.4, -0.2) is 134 Å². The second-order valence-corrected chi connectivity index (χ2v) is 27.3. The summed E-state index contributed by atoms with van der Waals surface area (Å²) in [5.74, 6) is -1.19. The molecule has 16 rings (SSSR count). The van der Waals surface area contributed by atoms with Gasteiger partial charge in [-0.25, -0.2) is 28.8 Å². The third-order valence-electron chi connectivity index (χ3n) is 18.6. The number of hydrogen-bond acceptors (Lipinski definition) is 16. The number of likely N-dealkylation sites (N-methyl/N-ethyl adjacent to an activating group) is 2. The maximum Gasteiger partial charge on any atom is 0.335 e. The standard InChI is InChI=1S/C23H18N2O5.C23H18N2O4S.C22H16N2O5.C22H16N2O4S.4CH4/c1-24-19(21(26)25(23(24)29)14-15-5-3-2-4-6-15)13-18-11-12-20(30-18)16-7-9-17(10-8-16)22(27)28;1-24-19(21(26)25(23(24)30)14-15-5-3-2-4-6-15)13-18-11-12-20(29-18)16-7-9-17(10-8-16)22(27)28;25-20-18(23-22(28)24(20)13-14-4-2-1-3-5-14)12-17-10-11-19(29-17)15-6-8-16(9-7-15)21(26)27;25-20-18(23-22(29)24(20)13-14-4-2-1-3-5-14)12-17-10-11-19(28-17)15-6-8-16(9-7-15)21(26)27;;;;/h2*2-13H,14H2,1H3,(H,27,28);1-12H,13H2,(H,23,28)(H,26,27);1-12H,13H2,(H,23,29)(H,26,27);4*1H4/b2*19-13-;2*18-12-;;;;. The molecule has 12 aromatic rings. The number of benzene rings is 8. The fourth-order valence-corrected chi connectivity index (χ4v) is 12.9. The van der Waals surface area contributed by atoms with Crippen LogP contribution in [0.25, 0.3) is 69.6 Å². The zero-order valence-corrected chi connectivity index (χ0v) is 64.2. The van der Waals surface area contributed by atoms with Gasteiger partial charge in [-0.3, -0.25) is 43.7 Å². The largest absolute Gasteiger partial charge is 0.478 e. The molecule has 4 saturated heterocycles. The number of imide groups is 2. The fourth-order valence-electron chi connectivity index (χ4n) is 12.4. The molecule has 0 unspecified atom stereocenters. The van der Waals surface area contributed by atoms with Gasteiger partial charge in [0.25, 0.3) is 23.6 Å². The van der Waals surface area contributed by atoms with Gasteiger partial charge in [-0.1, -0.05) is 200 Å². The number of nitrogens with zero attached hydrogens (tertiary/aromatic N) is 6. The first-order valence-corrected chi connectivity index (χ1v) is 36.9. The Labute approximate surface area is 713 Å². The number of carboxylic acid groups (broad SMARTS) is 4. The van der Waals surface area contributed by atoms with Crippen molar-refractivity contribution in [2.24, 2.45) is 0 Å². The highest BCUT2D eigenvalue weighted by atomic mass is 32.1. The Hall–Kier alpha value is -15.7. The molecule has 26 nitrogen and oxygen atoms in total. The molecule has 0 atom stereocenters. The van der Waals surface area contributed by atoms with Crippen LogP contribution in [0.2, 0.25) is 0 Å². The average molecular weight is 1680 g/mol. The first-order valence-electron chi connectivity index (χ1n) is 36.1. The first-order chi connectivity index (χ1) is 56.9. The molecule has 4 fully saturated rings. The predicted molar refractivity (Wildman–Crippen MR) is 469 cm³/mol. The summed E-state index contributed by atoms with van der Waals surface area (Å²) in [6, 6.07) is 76.1. The third-order valence-corrected chi connectivity index (χ3v) is 19.5. The van der Waals surface area contributed by atoms with Gasteiger partial charge in [-0.15, -0.1) is 0 Å². The van der Waals surface area contributed by atoms with Gasteiger partial charge in [-0.05, 0) is 144 Å². The second-order valence-electron chi connectivity index (χ2n) is 26.6. The third kappa shape index (κ3) is 21.4. The normalized spacial score (nSPS) is 14.7. The monoisotopic (exact) mass is 1680 g/mol. The number of aromatic carboxylic acids is 4. The molecule has 0 bridgehead atoms. The van der Waals surface area contributed by atoms with Crippen molar-refractivity contribution in [3.8, 4) is 45.3 Å². The van der Waals surface area contributed by atoms with Crippen molar-refractivity contribution in [3.63, 3.8) is 0 Å². The summed E-state index contributed by atoms with van der Waals surface area (Å²) >= 11 is 10.8. The molecular weight excluding hydrogens is 1590 g/mol. The van der Waals surface area contributed by atoms with Crippen LogP contribution in [0.3, 0.4) is 0 Å². The van der Waals surface area contributed by atoms with Gasteiger partial charge in [0.2, 0.25) is 0 Å². The zero-order valence-electron chi connectivity index (χ0n) is 62.5. The molecule has 620 valence electrons. The summed E-state index contributed by atoms with van der Waals surface area (Å²) in [6.45, 7) is 1.17. The number of furan rings is 4. The Morgan fingerprint density at radius 3 is 0.918 bits per heavy atom. The Balaban J connectivity index is 0.000000183. The van der Waals surface area contributed by atoms with Crippen LogP contribution in [0, 0.1) is 0 Å². The van der Waals surface area contributed by atoms with Gasteiger partial charge >= 0.3 is 35.9 Å². The van der Waals surface area contributed by atoms with Crippen molar-refractivity contribution in [3.05, 3.63) is 357 Å². The van der Waals surface area contributed by atoms with Gasteiger partial charge in [0.1, 0.15) is 68.9 Å². The number of carbonyl (C=O) groups is 10. The van der Waals surface area contributed by atoms with E-state index >= 15 is 0 Å². The van der Waals surface area contributed by atoms with Gasteiger partial charge in [0.15, 0.2) is 10.2 Å². The van der Waals surface area contributed by atoms with Crippen molar-refractivity contribution in [1.82, 2.24) is 40.0 Å². The Morgan fingerprint density at radius 1 is 0.320 bits per heavy atom. The van der Waals surface area contributed by atoms with Crippen molar-refractivity contribution < 1.29 is 86.0 Å².